The molecule has 0 N–H and O–H groups in total. The van der Waals surface area contributed by atoms with Crippen LogP contribution in [0.25, 0.3) is 11.3 Å². The van der Waals surface area contributed by atoms with Crippen LogP contribution in [0.2, 0.25) is 0 Å². The number of hydrogen-bond donors (Lipinski definition) is 0. The quantitative estimate of drug-likeness (QED) is 0.124. The van der Waals surface area contributed by atoms with E-state index in [2.05, 4.69) is 46.3 Å². The number of thioether (sulfide) groups is 1. The molecule has 1 fully saturated rings. The van der Waals surface area contributed by atoms with Crippen LogP contribution in [-0.4, -0.2) is 21.1 Å². The molecule has 1 heterocycles. The Bertz CT molecular complexity index is 1560. The number of ketones is 1. The molecule has 0 amide bonds. The fourth-order valence-electron chi connectivity index (χ4n) is 6.26. The van der Waals surface area contributed by atoms with Crippen LogP contribution in [0.5, 0.6) is 0 Å². The number of benzene rings is 3. The molecule has 3 aromatic carbocycles. The van der Waals surface area contributed by atoms with Crippen LogP contribution in [0.15, 0.2) is 93.3 Å². The topological polar surface area (TPSA) is 52.0 Å². The standard InChI is InChI=1S/C33H31BrN2O2S/c34-26-15-13-24(14-16-26)28(37)22-39-32-35-30-27-12-6-5-11-25(27)21-33(18-7-2-8-19-33)29(30)31(38)36(32)20-17-23-9-3-1-4-10-23/h1,3-6,9-16H,2,7-8,17-22H2. The largest absolute Gasteiger partial charge is 0.293 e. The summed E-state index contributed by atoms with van der Waals surface area (Å²) in [5.41, 5.74) is 5.84. The third kappa shape index (κ3) is 5.29. The molecular formula is C33H31BrN2O2S. The molecule has 1 aromatic heterocycles. The Balaban J connectivity index is 1.44. The summed E-state index contributed by atoms with van der Waals surface area (Å²) in [6.45, 7) is 0.537. The predicted octanol–water partition coefficient (Wildman–Crippen LogP) is 7.65. The normalized spacial score (nSPS) is 15.5. The van der Waals surface area contributed by atoms with Gasteiger partial charge in [0.2, 0.25) is 0 Å². The minimum absolute atomic E-state index is 0.0261. The average Bonchev–Trinajstić information content (AvgIpc) is 2.96. The average molecular weight is 600 g/mol. The Morgan fingerprint density at radius 1 is 0.923 bits per heavy atom. The van der Waals surface area contributed by atoms with E-state index in [-0.39, 0.29) is 22.5 Å². The smallest absolute Gasteiger partial charge is 0.258 e. The second-order valence-corrected chi connectivity index (χ2v) is 12.6. The van der Waals surface area contributed by atoms with Gasteiger partial charge in [-0.05, 0) is 48.9 Å². The van der Waals surface area contributed by atoms with Crippen LogP contribution in [0.3, 0.4) is 0 Å². The van der Waals surface area contributed by atoms with Crippen molar-refractivity contribution in [2.24, 2.45) is 0 Å². The highest BCUT2D eigenvalue weighted by atomic mass is 79.9. The number of halogens is 1. The molecule has 2 aliphatic carbocycles. The van der Waals surface area contributed by atoms with Crippen molar-refractivity contribution in [2.45, 2.75) is 62.1 Å². The minimum Gasteiger partial charge on any atom is -0.293 e. The van der Waals surface area contributed by atoms with Crippen LogP contribution in [0.4, 0.5) is 0 Å². The van der Waals surface area contributed by atoms with Crippen molar-refractivity contribution in [3.63, 3.8) is 0 Å². The van der Waals surface area contributed by atoms with Gasteiger partial charge in [-0.3, -0.25) is 14.2 Å². The highest BCUT2D eigenvalue weighted by molar-refractivity contribution is 9.10. The van der Waals surface area contributed by atoms with Gasteiger partial charge in [-0.1, -0.05) is 114 Å². The fourth-order valence-corrected chi connectivity index (χ4v) is 7.44. The first-order valence-corrected chi connectivity index (χ1v) is 15.5. The van der Waals surface area contributed by atoms with Crippen molar-refractivity contribution in [1.82, 2.24) is 9.55 Å². The number of aromatic nitrogens is 2. The Hall–Kier alpha value is -2.96. The zero-order valence-corrected chi connectivity index (χ0v) is 24.3. The van der Waals surface area contributed by atoms with Crippen molar-refractivity contribution >= 4 is 33.5 Å². The molecule has 2 aliphatic rings. The van der Waals surface area contributed by atoms with E-state index in [0.29, 0.717) is 17.3 Å². The van der Waals surface area contributed by atoms with Gasteiger partial charge in [-0.2, -0.15) is 0 Å². The first kappa shape index (κ1) is 26.3. The highest BCUT2D eigenvalue weighted by Gasteiger charge is 2.43. The van der Waals surface area contributed by atoms with Gasteiger partial charge in [0.15, 0.2) is 10.9 Å². The maximum atomic E-state index is 14.5. The van der Waals surface area contributed by atoms with E-state index in [0.717, 1.165) is 59.8 Å². The molecule has 1 saturated carbocycles. The van der Waals surface area contributed by atoms with Gasteiger partial charge in [-0.15, -0.1) is 0 Å². The summed E-state index contributed by atoms with van der Waals surface area (Å²) >= 11 is 4.81. The zero-order chi connectivity index (χ0) is 26.8. The van der Waals surface area contributed by atoms with Gasteiger partial charge in [0.25, 0.3) is 5.56 Å². The summed E-state index contributed by atoms with van der Waals surface area (Å²) in [5.74, 6) is 0.253. The summed E-state index contributed by atoms with van der Waals surface area (Å²) in [7, 11) is 0. The molecule has 0 aliphatic heterocycles. The summed E-state index contributed by atoms with van der Waals surface area (Å²) in [5, 5.41) is 0.628. The van der Waals surface area contributed by atoms with E-state index in [4.69, 9.17) is 4.98 Å². The Morgan fingerprint density at radius 2 is 1.64 bits per heavy atom. The van der Waals surface area contributed by atoms with Crippen LogP contribution < -0.4 is 5.56 Å². The molecule has 0 saturated heterocycles. The molecule has 0 bridgehead atoms. The van der Waals surface area contributed by atoms with Crippen molar-refractivity contribution in [3.05, 3.63) is 116 Å². The van der Waals surface area contributed by atoms with E-state index in [1.165, 1.54) is 29.3 Å². The molecule has 4 nitrogen and oxygen atoms in total. The molecule has 198 valence electrons. The second-order valence-electron chi connectivity index (χ2n) is 10.7. The van der Waals surface area contributed by atoms with Crippen molar-refractivity contribution in [3.8, 4) is 11.3 Å². The first-order valence-electron chi connectivity index (χ1n) is 13.7. The van der Waals surface area contributed by atoms with Crippen LogP contribution >= 0.6 is 27.7 Å². The van der Waals surface area contributed by atoms with E-state index >= 15 is 0 Å². The van der Waals surface area contributed by atoms with Gasteiger partial charge in [0, 0.05) is 27.6 Å². The van der Waals surface area contributed by atoms with Crippen LogP contribution in [-0.2, 0) is 24.8 Å². The SMILES string of the molecule is O=C(CSc1nc2c(c(=O)n1CCc1ccccc1)C1(CCCCC1)Cc1ccccc1-2)c1ccc(Br)cc1. The molecule has 0 atom stereocenters. The van der Waals surface area contributed by atoms with Gasteiger partial charge in [-0.25, -0.2) is 4.98 Å². The fraction of sp³-hybridized carbons (Fsp3) is 0.303. The number of fused-ring (bicyclic) bond motifs is 4. The number of rotatable bonds is 7. The number of carbonyl (C=O) groups excluding carboxylic acids is 1. The van der Waals surface area contributed by atoms with Crippen LogP contribution in [0, 0.1) is 0 Å². The Morgan fingerprint density at radius 3 is 2.41 bits per heavy atom. The molecule has 39 heavy (non-hydrogen) atoms. The second kappa shape index (κ2) is 11.3. The third-order valence-corrected chi connectivity index (χ3v) is 9.75. The maximum Gasteiger partial charge on any atom is 0.258 e. The van der Waals surface area contributed by atoms with Crippen LogP contribution in [0.1, 0.15) is 59.2 Å². The number of nitrogens with zero attached hydrogens (tertiary/aromatic N) is 2. The molecule has 0 radical (unpaired) electrons. The summed E-state index contributed by atoms with van der Waals surface area (Å²) in [4.78, 5) is 32.8. The van der Waals surface area contributed by atoms with Crippen molar-refractivity contribution in [1.29, 1.82) is 0 Å². The lowest BCUT2D eigenvalue weighted by Gasteiger charge is -2.42. The number of hydrogen-bond acceptors (Lipinski definition) is 4. The van der Waals surface area contributed by atoms with Crippen molar-refractivity contribution in [2.75, 3.05) is 5.75 Å². The third-order valence-electron chi connectivity index (χ3n) is 8.24. The first-order chi connectivity index (χ1) is 19.0. The number of aryl methyl sites for hydroxylation is 1. The molecule has 4 aromatic rings. The van der Waals surface area contributed by atoms with Gasteiger partial charge in [0.05, 0.1) is 17.0 Å². The number of Topliss-reactive ketones (excluding diaryl/α,β-unsaturated/α-hetero) is 1. The van der Waals surface area contributed by atoms with E-state index < -0.39 is 0 Å². The van der Waals surface area contributed by atoms with E-state index in [9.17, 15) is 9.59 Å². The van der Waals surface area contributed by atoms with Gasteiger partial charge in [0.1, 0.15) is 0 Å². The number of carbonyl (C=O) groups is 1. The molecule has 6 heteroatoms. The minimum atomic E-state index is -0.156. The molecule has 0 unspecified atom stereocenters. The van der Waals surface area contributed by atoms with Gasteiger partial charge < -0.3 is 0 Å². The summed E-state index contributed by atoms with van der Waals surface area (Å²) in [6.07, 6.45) is 7.20. The highest BCUT2D eigenvalue weighted by Crippen LogP contribution is 2.48. The maximum absolute atomic E-state index is 14.5. The lowest BCUT2D eigenvalue weighted by Crippen LogP contribution is -2.43. The monoisotopic (exact) mass is 598 g/mol. The van der Waals surface area contributed by atoms with E-state index in [1.54, 1.807) is 0 Å². The lowest BCUT2D eigenvalue weighted by molar-refractivity contribution is 0.102. The molecule has 6 rings (SSSR count). The van der Waals surface area contributed by atoms with E-state index in [1.807, 2.05) is 53.1 Å². The lowest BCUT2D eigenvalue weighted by atomic mass is 9.62. The Labute approximate surface area is 242 Å². The predicted molar refractivity (Wildman–Crippen MR) is 162 cm³/mol. The Kier molecular flexibility index (Phi) is 7.59. The molecular weight excluding hydrogens is 568 g/mol. The zero-order valence-electron chi connectivity index (χ0n) is 21.9. The summed E-state index contributed by atoms with van der Waals surface area (Å²) < 4.78 is 2.79. The van der Waals surface area contributed by atoms with Crippen molar-refractivity contribution < 1.29 is 4.79 Å². The summed E-state index contributed by atoms with van der Waals surface area (Å²) in [6, 6.07) is 26.1. The van der Waals surface area contributed by atoms with Gasteiger partial charge >= 0.3 is 0 Å². The molecule has 1 spiro atoms.